The summed E-state index contributed by atoms with van der Waals surface area (Å²) >= 11 is 0. The van der Waals surface area contributed by atoms with Gasteiger partial charge in [0.05, 0.1) is 0 Å². The number of benzene rings is 1. The van der Waals surface area contributed by atoms with Gasteiger partial charge in [-0.1, -0.05) is 44.9 Å². The molecule has 7 heteroatoms. The van der Waals surface area contributed by atoms with Crippen LogP contribution in [-0.4, -0.2) is 42.3 Å². The number of rotatable bonds is 13. The Hall–Kier alpha value is -2.41. The average molecular weight is 433 g/mol. The molecular weight excluding hydrogens is 392 g/mol. The lowest BCUT2D eigenvalue weighted by Crippen LogP contribution is -2.27. The average Bonchev–Trinajstić information content (AvgIpc) is 3.30. The summed E-state index contributed by atoms with van der Waals surface area (Å²) < 4.78 is 0. The van der Waals surface area contributed by atoms with Crippen molar-refractivity contribution in [2.45, 2.75) is 77.0 Å². The van der Waals surface area contributed by atoms with E-state index in [1.54, 1.807) is 24.3 Å². The normalized spacial score (nSPS) is 12.9. The number of hydrogen-bond donors (Lipinski definition) is 3. The van der Waals surface area contributed by atoms with Gasteiger partial charge in [-0.05, 0) is 56.5 Å². The maximum Gasteiger partial charge on any atom is 0.253 e. The molecule has 0 radical (unpaired) electrons. The fourth-order valence-corrected chi connectivity index (χ4v) is 3.56. The third-order valence-electron chi connectivity index (χ3n) is 5.44. The molecule has 3 amide bonds. The predicted molar refractivity (Wildman–Crippen MR) is 125 cm³/mol. The maximum atomic E-state index is 11.9. The van der Waals surface area contributed by atoms with Crippen molar-refractivity contribution >= 4 is 17.7 Å². The Bertz CT molecular complexity index is 655. The number of unbranched alkanes of at least 4 members (excludes halogenated alkanes) is 8. The van der Waals surface area contributed by atoms with Crippen LogP contribution >= 0.6 is 0 Å². The van der Waals surface area contributed by atoms with Crippen molar-refractivity contribution in [1.29, 1.82) is 0 Å². The molecule has 174 valence electrons. The molecule has 1 aromatic rings. The monoisotopic (exact) mass is 432 g/mol. The van der Waals surface area contributed by atoms with Gasteiger partial charge < -0.3 is 22.1 Å². The summed E-state index contributed by atoms with van der Waals surface area (Å²) in [5.74, 6) is -0.606. The first-order chi connectivity index (χ1) is 15.0. The Labute approximate surface area is 186 Å². The number of hydrogen-bond acceptors (Lipinski definition) is 4. The van der Waals surface area contributed by atoms with E-state index < -0.39 is 5.91 Å². The molecule has 0 bridgehead atoms. The van der Waals surface area contributed by atoms with E-state index in [4.69, 9.17) is 17.2 Å². The Morgan fingerprint density at radius 1 is 0.710 bits per heavy atom. The molecule has 0 aromatic heterocycles. The fourth-order valence-electron chi connectivity index (χ4n) is 3.56. The highest BCUT2D eigenvalue weighted by Gasteiger charge is 2.19. The number of carbonyl (C=O) groups is 3. The molecule has 2 rings (SSSR count). The van der Waals surface area contributed by atoms with Crippen molar-refractivity contribution in [2.24, 2.45) is 17.2 Å². The Morgan fingerprint density at radius 2 is 1.16 bits per heavy atom. The zero-order valence-electron chi connectivity index (χ0n) is 18.8. The third-order valence-corrected chi connectivity index (χ3v) is 5.44. The van der Waals surface area contributed by atoms with Crippen molar-refractivity contribution in [2.75, 3.05) is 19.6 Å². The molecule has 1 saturated heterocycles. The van der Waals surface area contributed by atoms with Crippen LogP contribution in [-0.2, 0) is 4.79 Å². The van der Waals surface area contributed by atoms with Crippen LogP contribution in [0.5, 0.6) is 0 Å². The first kappa shape index (κ1) is 26.6. The largest absolute Gasteiger partial charge is 0.370 e. The van der Waals surface area contributed by atoms with Crippen LogP contribution in [0.15, 0.2) is 24.3 Å². The second-order valence-corrected chi connectivity index (χ2v) is 8.13. The Balaban J connectivity index is 0.000000311. The molecule has 0 unspecified atom stereocenters. The van der Waals surface area contributed by atoms with Crippen molar-refractivity contribution in [3.8, 4) is 0 Å². The number of primary amides is 2. The summed E-state index contributed by atoms with van der Waals surface area (Å²) in [4.78, 5) is 35.1. The Morgan fingerprint density at radius 3 is 1.61 bits per heavy atom. The second-order valence-electron chi connectivity index (χ2n) is 8.13. The molecule has 1 aliphatic heterocycles. The van der Waals surface area contributed by atoms with E-state index in [1.165, 1.54) is 44.9 Å². The van der Waals surface area contributed by atoms with Gasteiger partial charge in [-0.15, -0.1) is 0 Å². The highest BCUT2D eigenvalue weighted by molar-refractivity contribution is 5.97. The molecule has 0 atom stereocenters. The molecule has 31 heavy (non-hydrogen) atoms. The van der Waals surface area contributed by atoms with E-state index in [0.29, 0.717) is 17.5 Å². The molecule has 7 nitrogen and oxygen atoms in total. The highest BCUT2D eigenvalue weighted by atomic mass is 16.2. The van der Waals surface area contributed by atoms with Gasteiger partial charge in [-0.3, -0.25) is 14.4 Å². The van der Waals surface area contributed by atoms with Crippen LogP contribution in [0.2, 0.25) is 0 Å². The van der Waals surface area contributed by atoms with Gasteiger partial charge in [-0.2, -0.15) is 0 Å². The summed E-state index contributed by atoms with van der Waals surface area (Å²) in [5, 5.41) is 0. The minimum absolute atomic E-state index is 0.0357. The number of nitrogens with zero attached hydrogens (tertiary/aromatic N) is 1. The molecule has 1 aromatic carbocycles. The SMILES string of the molecule is NC(=O)c1ccc(C(=O)N2CCCC2)cc1.NCCCCCCCCCCCC(N)=O. The summed E-state index contributed by atoms with van der Waals surface area (Å²) in [5.41, 5.74) is 16.6. The molecule has 1 heterocycles. The van der Waals surface area contributed by atoms with Gasteiger partial charge in [0, 0.05) is 30.6 Å². The van der Waals surface area contributed by atoms with Crippen LogP contribution in [0.3, 0.4) is 0 Å². The van der Waals surface area contributed by atoms with Crippen LogP contribution in [0.25, 0.3) is 0 Å². The number of nitrogens with two attached hydrogens (primary N) is 3. The van der Waals surface area contributed by atoms with Crippen LogP contribution < -0.4 is 17.2 Å². The lowest BCUT2D eigenvalue weighted by atomic mass is 10.1. The summed E-state index contributed by atoms with van der Waals surface area (Å²) in [7, 11) is 0. The summed E-state index contributed by atoms with van der Waals surface area (Å²) in [6, 6.07) is 6.48. The van der Waals surface area contributed by atoms with E-state index in [-0.39, 0.29) is 11.8 Å². The summed E-state index contributed by atoms with van der Waals surface area (Å²) in [6.45, 7) is 2.49. The molecule has 1 fully saturated rings. The fraction of sp³-hybridized carbons (Fsp3) is 0.625. The third kappa shape index (κ3) is 12.1. The predicted octanol–water partition coefficient (Wildman–Crippen LogP) is 3.35. The second kappa shape index (κ2) is 16.3. The molecule has 0 aliphatic carbocycles. The molecule has 6 N–H and O–H groups in total. The molecular formula is C24H40N4O3. The first-order valence-corrected chi connectivity index (χ1v) is 11.6. The summed E-state index contributed by atoms with van der Waals surface area (Å²) in [6.07, 6.45) is 13.7. The van der Waals surface area contributed by atoms with Gasteiger partial charge in [0.1, 0.15) is 0 Å². The topological polar surface area (TPSA) is 133 Å². The lowest BCUT2D eigenvalue weighted by Gasteiger charge is -2.15. The minimum Gasteiger partial charge on any atom is -0.370 e. The van der Waals surface area contributed by atoms with Gasteiger partial charge >= 0.3 is 0 Å². The lowest BCUT2D eigenvalue weighted by molar-refractivity contribution is -0.118. The van der Waals surface area contributed by atoms with Gasteiger partial charge in [0.25, 0.3) is 5.91 Å². The molecule has 0 spiro atoms. The number of likely N-dealkylation sites (tertiary alicyclic amines) is 1. The minimum atomic E-state index is -0.472. The van der Waals surface area contributed by atoms with E-state index in [2.05, 4.69) is 0 Å². The van der Waals surface area contributed by atoms with Crippen LogP contribution in [0.4, 0.5) is 0 Å². The zero-order chi connectivity index (χ0) is 22.9. The van der Waals surface area contributed by atoms with E-state index in [1.807, 2.05) is 4.90 Å². The van der Waals surface area contributed by atoms with Crippen molar-refractivity contribution < 1.29 is 14.4 Å². The molecule has 0 saturated carbocycles. The quantitative estimate of drug-likeness (QED) is 0.412. The van der Waals surface area contributed by atoms with Crippen LogP contribution in [0, 0.1) is 0 Å². The van der Waals surface area contributed by atoms with Crippen molar-refractivity contribution in [1.82, 2.24) is 4.90 Å². The molecule has 1 aliphatic rings. The zero-order valence-corrected chi connectivity index (χ0v) is 18.8. The first-order valence-electron chi connectivity index (χ1n) is 11.6. The van der Waals surface area contributed by atoms with Crippen molar-refractivity contribution in [3.05, 3.63) is 35.4 Å². The van der Waals surface area contributed by atoms with Crippen LogP contribution in [0.1, 0.15) is 97.8 Å². The number of amides is 3. The van der Waals surface area contributed by atoms with Gasteiger partial charge in [0.15, 0.2) is 0 Å². The smallest absolute Gasteiger partial charge is 0.253 e. The van der Waals surface area contributed by atoms with Gasteiger partial charge in [-0.25, -0.2) is 0 Å². The van der Waals surface area contributed by atoms with E-state index in [0.717, 1.165) is 45.3 Å². The van der Waals surface area contributed by atoms with Crippen molar-refractivity contribution in [3.63, 3.8) is 0 Å². The standard InChI is InChI=1S/C12H14N2O2.C12H26N2O/c13-11(15)9-3-5-10(6-4-9)12(16)14-7-1-2-8-14;13-11-9-7-5-3-1-2-4-6-8-10-12(14)15/h3-6H,1-2,7-8H2,(H2,13,15);1-11,13H2,(H2,14,15). The Kier molecular flexibility index (Phi) is 14.0. The maximum absolute atomic E-state index is 11.9. The highest BCUT2D eigenvalue weighted by Crippen LogP contribution is 2.13. The van der Waals surface area contributed by atoms with E-state index >= 15 is 0 Å². The van der Waals surface area contributed by atoms with Gasteiger partial charge in [0.2, 0.25) is 11.8 Å². The number of carbonyl (C=O) groups excluding carboxylic acids is 3. The van der Waals surface area contributed by atoms with E-state index in [9.17, 15) is 14.4 Å².